The minimum atomic E-state index is -1.67. The molecule has 36 heavy (non-hydrogen) atoms. The molecule has 0 radical (unpaired) electrons. The van der Waals surface area contributed by atoms with Crippen molar-refractivity contribution in [2.75, 3.05) is 0 Å². The van der Waals surface area contributed by atoms with Crippen LogP contribution in [0, 0.1) is 6.92 Å². The topological polar surface area (TPSA) is 63.6 Å². The second-order valence-electron chi connectivity index (χ2n) is 11.0. The zero-order valence-corrected chi connectivity index (χ0v) is 24.4. The number of carbonyl (C=O) groups is 1. The van der Waals surface area contributed by atoms with Crippen molar-refractivity contribution in [3.05, 3.63) is 42.0 Å². The number of benzene rings is 1. The normalized spacial score (nSPS) is 14.6. The molecule has 0 spiro atoms. The van der Waals surface area contributed by atoms with Crippen LogP contribution in [-0.4, -0.2) is 32.2 Å². The molecule has 5 heteroatoms. The van der Waals surface area contributed by atoms with Crippen LogP contribution in [0.15, 0.2) is 41.3 Å². The van der Waals surface area contributed by atoms with Gasteiger partial charge >= 0.3 is 5.97 Å². The van der Waals surface area contributed by atoms with Crippen molar-refractivity contribution in [2.45, 2.75) is 146 Å². The van der Waals surface area contributed by atoms with Crippen LogP contribution in [0.1, 0.15) is 123 Å². The summed E-state index contributed by atoms with van der Waals surface area (Å²) >= 11 is 0. The lowest BCUT2D eigenvalue weighted by Gasteiger charge is -2.26. The Labute approximate surface area is 223 Å². The monoisotopic (exact) mass is 520 g/mol. The van der Waals surface area contributed by atoms with Gasteiger partial charge in [0.1, 0.15) is 5.60 Å². The number of ether oxygens (including phenoxy) is 1. The van der Waals surface area contributed by atoms with Gasteiger partial charge in [-0.2, -0.15) is 0 Å². The Morgan fingerprint density at radius 3 is 1.92 bits per heavy atom. The molecule has 3 atom stereocenters. The van der Waals surface area contributed by atoms with Crippen LogP contribution in [0.3, 0.4) is 0 Å². The van der Waals surface area contributed by atoms with E-state index in [0.717, 1.165) is 31.2 Å². The second kappa shape index (κ2) is 18.7. The molecule has 0 fully saturated rings. The van der Waals surface area contributed by atoms with E-state index in [-0.39, 0.29) is 0 Å². The van der Waals surface area contributed by atoms with Gasteiger partial charge in [0, 0.05) is 4.90 Å². The molecule has 0 amide bonds. The average Bonchev–Trinajstić information content (AvgIpc) is 2.81. The van der Waals surface area contributed by atoms with E-state index in [1.807, 2.05) is 19.1 Å². The number of aliphatic hydroxyl groups excluding tert-OH is 1. The van der Waals surface area contributed by atoms with Gasteiger partial charge in [0.25, 0.3) is 0 Å². The van der Waals surface area contributed by atoms with E-state index in [0.29, 0.717) is 11.3 Å². The van der Waals surface area contributed by atoms with Gasteiger partial charge in [-0.1, -0.05) is 94.6 Å². The van der Waals surface area contributed by atoms with E-state index in [1.165, 1.54) is 57.8 Å². The third-order valence-corrected chi connectivity index (χ3v) is 7.94. The Hall–Kier alpha value is -1.46. The molecule has 1 aromatic carbocycles. The van der Waals surface area contributed by atoms with Gasteiger partial charge in [0.2, 0.25) is 0 Å². The molecule has 1 N–H and O–H groups in total. The van der Waals surface area contributed by atoms with Crippen LogP contribution < -0.4 is 0 Å². The fourth-order valence-corrected chi connectivity index (χ4v) is 5.48. The van der Waals surface area contributed by atoms with Gasteiger partial charge in [0.05, 0.1) is 16.9 Å². The summed E-state index contributed by atoms with van der Waals surface area (Å²) < 4.78 is 18.7. The van der Waals surface area contributed by atoms with E-state index in [9.17, 15) is 14.1 Å². The summed E-state index contributed by atoms with van der Waals surface area (Å²) in [5.41, 5.74) is 0.355. The molecule has 0 heterocycles. The smallest absolute Gasteiger partial charge is 0.325 e. The number of allylic oxidation sites excluding steroid dienone is 2. The highest BCUT2D eigenvalue weighted by Crippen LogP contribution is 2.22. The van der Waals surface area contributed by atoms with Crippen LogP contribution in [0.2, 0.25) is 0 Å². The number of unbranched alkanes of at least 4 members (excludes halogenated alkanes) is 11. The second-order valence-corrected chi connectivity index (χ2v) is 12.6. The highest BCUT2D eigenvalue weighted by molar-refractivity contribution is 7.86. The number of hydrogen-bond donors (Lipinski definition) is 1. The van der Waals surface area contributed by atoms with E-state index in [4.69, 9.17) is 4.74 Å². The number of rotatable bonds is 19. The van der Waals surface area contributed by atoms with Crippen molar-refractivity contribution >= 4 is 16.8 Å². The molecule has 0 unspecified atom stereocenters. The molecule has 0 saturated heterocycles. The highest BCUT2D eigenvalue weighted by atomic mass is 32.2. The maximum absolute atomic E-state index is 13.2. The molecule has 1 rings (SSSR count). The van der Waals surface area contributed by atoms with Crippen LogP contribution in [0.5, 0.6) is 0 Å². The van der Waals surface area contributed by atoms with Crippen LogP contribution in [0.25, 0.3) is 0 Å². The third kappa shape index (κ3) is 14.9. The summed E-state index contributed by atoms with van der Waals surface area (Å²) in [6.45, 7) is 9.57. The summed E-state index contributed by atoms with van der Waals surface area (Å²) in [7, 11) is -1.67. The van der Waals surface area contributed by atoms with E-state index in [1.54, 1.807) is 32.9 Å². The van der Waals surface area contributed by atoms with Crippen molar-refractivity contribution in [1.29, 1.82) is 0 Å². The quantitative estimate of drug-likeness (QED) is 0.113. The first-order valence-corrected chi connectivity index (χ1v) is 15.4. The molecular weight excluding hydrogens is 468 g/mol. The summed E-state index contributed by atoms with van der Waals surface area (Å²) in [6.07, 6.45) is 19.8. The molecule has 0 aliphatic carbocycles. The van der Waals surface area contributed by atoms with Crippen LogP contribution >= 0.6 is 0 Å². The van der Waals surface area contributed by atoms with E-state index >= 15 is 0 Å². The molecule has 0 aliphatic heterocycles. The first kappa shape index (κ1) is 32.6. The molecule has 206 valence electrons. The summed E-state index contributed by atoms with van der Waals surface area (Å²) in [6, 6.07) is 7.26. The molecule has 0 aliphatic rings. The summed E-state index contributed by atoms with van der Waals surface area (Å²) in [4.78, 5) is 13.4. The maximum Gasteiger partial charge on any atom is 0.325 e. The van der Waals surface area contributed by atoms with Gasteiger partial charge in [0.15, 0.2) is 5.25 Å². The predicted octanol–water partition coefficient (Wildman–Crippen LogP) is 8.21. The first-order chi connectivity index (χ1) is 17.2. The Morgan fingerprint density at radius 2 is 1.39 bits per heavy atom. The lowest BCUT2D eigenvalue weighted by atomic mass is 10.0. The van der Waals surface area contributed by atoms with Gasteiger partial charge in [-0.05, 0) is 71.9 Å². The standard InChI is InChI=1S/C31H52O4S/c1-6-7-8-9-10-11-12-13-14-15-16-17-18-19-20-21-28(32)29(30(33)35-31(3,4)5)36(34)27-24-22-26(2)23-25-27/h13-14,22-25,28-29,32H,6-12,15-21H2,1-5H3/t28-,29-,36+/m1/s1. The van der Waals surface area contributed by atoms with E-state index < -0.39 is 33.7 Å². The Morgan fingerprint density at radius 1 is 0.889 bits per heavy atom. The zero-order valence-electron chi connectivity index (χ0n) is 23.6. The van der Waals surface area contributed by atoms with Crippen LogP contribution in [-0.2, 0) is 20.3 Å². The molecule has 1 aromatic rings. The average molecular weight is 521 g/mol. The summed E-state index contributed by atoms with van der Waals surface area (Å²) in [5, 5.41) is 9.78. The molecule has 0 aromatic heterocycles. The number of esters is 1. The Kier molecular flexibility index (Phi) is 16.9. The fraction of sp³-hybridized carbons (Fsp3) is 0.710. The molecule has 0 saturated carbocycles. The number of aliphatic hydroxyl groups is 1. The summed E-state index contributed by atoms with van der Waals surface area (Å²) in [5.74, 6) is -0.596. The molecular formula is C31H52O4S. The lowest BCUT2D eigenvalue weighted by Crippen LogP contribution is -2.42. The number of aryl methyl sites for hydroxylation is 1. The number of carbonyl (C=O) groups excluding carboxylic acids is 1. The van der Waals surface area contributed by atoms with Crippen LogP contribution in [0.4, 0.5) is 0 Å². The van der Waals surface area contributed by atoms with Gasteiger partial charge in [-0.25, -0.2) is 0 Å². The molecule has 0 bridgehead atoms. The van der Waals surface area contributed by atoms with E-state index in [2.05, 4.69) is 19.1 Å². The Balaban J connectivity index is 2.36. The minimum Gasteiger partial charge on any atom is -0.459 e. The fourth-order valence-electron chi connectivity index (χ4n) is 4.14. The largest absolute Gasteiger partial charge is 0.459 e. The SMILES string of the molecule is CCCCCCCCC=CCCCCCCC[C@@H](O)[C@H](C(=O)OC(C)(C)C)[S@@](=O)c1ccc(C)cc1. The minimum absolute atomic E-state index is 0.444. The molecule has 4 nitrogen and oxygen atoms in total. The van der Waals surface area contributed by atoms with Gasteiger partial charge in [-0.15, -0.1) is 0 Å². The van der Waals surface area contributed by atoms with Crippen molar-refractivity contribution in [3.8, 4) is 0 Å². The van der Waals surface area contributed by atoms with Crippen molar-refractivity contribution in [3.63, 3.8) is 0 Å². The Bertz CT molecular complexity index is 764. The van der Waals surface area contributed by atoms with Crippen molar-refractivity contribution in [2.24, 2.45) is 0 Å². The van der Waals surface area contributed by atoms with Crippen molar-refractivity contribution in [1.82, 2.24) is 0 Å². The highest BCUT2D eigenvalue weighted by Gasteiger charge is 2.36. The zero-order chi connectivity index (χ0) is 26.8. The van der Waals surface area contributed by atoms with Gasteiger partial charge in [-0.3, -0.25) is 9.00 Å². The van der Waals surface area contributed by atoms with Crippen molar-refractivity contribution < 1.29 is 18.8 Å². The number of hydrogen-bond acceptors (Lipinski definition) is 4. The first-order valence-electron chi connectivity index (χ1n) is 14.2. The lowest BCUT2D eigenvalue weighted by molar-refractivity contribution is -0.156. The maximum atomic E-state index is 13.2. The predicted molar refractivity (Wildman–Crippen MR) is 153 cm³/mol. The van der Waals surface area contributed by atoms with Gasteiger partial charge < -0.3 is 9.84 Å². The third-order valence-electron chi connectivity index (χ3n) is 6.23.